The van der Waals surface area contributed by atoms with Gasteiger partial charge in [0.25, 0.3) is 5.69 Å². The SMILES string of the molecule is CC1SCCC1Nc1ccc(C(F)(F)F)cc1[N+](=O)[O-]. The maximum atomic E-state index is 12.6. The van der Waals surface area contributed by atoms with Crippen molar-refractivity contribution >= 4 is 23.1 Å². The van der Waals surface area contributed by atoms with Crippen LogP contribution in [0.3, 0.4) is 0 Å². The molecule has 1 saturated heterocycles. The monoisotopic (exact) mass is 306 g/mol. The quantitative estimate of drug-likeness (QED) is 0.679. The predicted molar refractivity (Wildman–Crippen MR) is 72.0 cm³/mol. The summed E-state index contributed by atoms with van der Waals surface area (Å²) in [6.07, 6.45) is -3.75. The molecule has 0 aliphatic carbocycles. The number of anilines is 1. The van der Waals surface area contributed by atoms with E-state index in [2.05, 4.69) is 5.32 Å². The minimum atomic E-state index is -4.58. The van der Waals surface area contributed by atoms with E-state index in [1.807, 2.05) is 6.92 Å². The smallest absolute Gasteiger partial charge is 0.376 e. The summed E-state index contributed by atoms with van der Waals surface area (Å²) >= 11 is 1.73. The molecule has 2 unspecified atom stereocenters. The van der Waals surface area contributed by atoms with Gasteiger partial charge in [-0.15, -0.1) is 0 Å². The van der Waals surface area contributed by atoms with Crippen molar-refractivity contribution in [2.45, 2.75) is 30.8 Å². The van der Waals surface area contributed by atoms with Crippen LogP contribution in [0.5, 0.6) is 0 Å². The number of nitro benzene ring substituents is 1. The Bertz CT molecular complexity index is 522. The second-order valence-electron chi connectivity index (χ2n) is 4.60. The highest BCUT2D eigenvalue weighted by molar-refractivity contribution is 8.00. The summed E-state index contributed by atoms with van der Waals surface area (Å²) in [5, 5.41) is 14.2. The second kappa shape index (κ2) is 5.51. The van der Waals surface area contributed by atoms with Gasteiger partial charge >= 0.3 is 6.18 Å². The molecule has 4 nitrogen and oxygen atoms in total. The Labute approximate surface area is 117 Å². The van der Waals surface area contributed by atoms with Gasteiger partial charge in [0, 0.05) is 17.4 Å². The molecule has 8 heteroatoms. The first-order chi connectivity index (χ1) is 9.29. The number of nitrogens with one attached hydrogen (secondary N) is 1. The van der Waals surface area contributed by atoms with Gasteiger partial charge in [0.2, 0.25) is 0 Å². The number of hydrogen-bond acceptors (Lipinski definition) is 4. The summed E-state index contributed by atoms with van der Waals surface area (Å²) in [5.74, 6) is 0.938. The molecule has 2 atom stereocenters. The Morgan fingerprint density at radius 3 is 2.65 bits per heavy atom. The van der Waals surface area contributed by atoms with Gasteiger partial charge in [-0.1, -0.05) is 6.92 Å². The van der Waals surface area contributed by atoms with Crippen LogP contribution >= 0.6 is 11.8 Å². The highest BCUT2D eigenvalue weighted by Gasteiger charge is 2.34. The molecule has 1 aliphatic rings. The van der Waals surface area contributed by atoms with Gasteiger partial charge in [-0.2, -0.15) is 24.9 Å². The van der Waals surface area contributed by atoms with Crippen LogP contribution in [0, 0.1) is 10.1 Å². The van der Waals surface area contributed by atoms with Crippen LogP contribution in [0.2, 0.25) is 0 Å². The first-order valence-corrected chi connectivity index (χ1v) is 7.07. The van der Waals surface area contributed by atoms with Crippen molar-refractivity contribution in [2.24, 2.45) is 0 Å². The highest BCUT2D eigenvalue weighted by atomic mass is 32.2. The third-order valence-electron chi connectivity index (χ3n) is 3.24. The number of halogens is 3. The number of thioether (sulfide) groups is 1. The van der Waals surface area contributed by atoms with Crippen LogP contribution < -0.4 is 5.32 Å². The fourth-order valence-corrected chi connectivity index (χ4v) is 3.30. The first-order valence-electron chi connectivity index (χ1n) is 6.03. The van der Waals surface area contributed by atoms with Crippen LogP contribution in [0.15, 0.2) is 18.2 Å². The summed E-state index contributed by atoms with van der Waals surface area (Å²) < 4.78 is 37.8. The predicted octanol–water partition coefficient (Wildman–Crippen LogP) is 3.92. The molecule has 1 heterocycles. The summed E-state index contributed by atoms with van der Waals surface area (Å²) in [5.41, 5.74) is -1.41. The maximum Gasteiger partial charge on any atom is 0.416 e. The molecule has 20 heavy (non-hydrogen) atoms. The molecule has 1 N–H and O–H groups in total. The van der Waals surface area contributed by atoms with Gasteiger partial charge < -0.3 is 5.32 Å². The fraction of sp³-hybridized carbons (Fsp3) is 0.500. The third kappa shape index (κ3) is 3.17. The zero-order valence-corrected chi connectivity index (χ0v) is 11.4. The van der Waals surface area contributed by atoms with Gasteiger partial charge in [0.1, 0.15) is 5.69 Å². The van der Waals surface area contributed by atoms with E-state index in [-0.39, 0.29) is 17.0 Å². The van der Waals surface area contributed by atoms with Crippen molar-refractivity contribution in [1.82, 2.24) is 0 Å². The molecule has 2 rings (SSSR count). The van der Waals surface area contributed by atoms with Crippen LogP contribution in [0.1, 0.15) is 18.9 Å². The number of rotatable bonds is 3. The molecule has 110 valence electrons. The average molecular weight is 306 g/mol. The topological polar surface area (TPSA) is 55.2 Å². The lowest BCUT2D eigenvalue weighted by molar-refractivity contribution is -0.384. The molecule has 0 aromatic heterocycles. The molecule has 0 spiro atoms. The van der Waals surface area contributed by atoms with Crippen molar-refractivity contribution in [3.05, 3.63) is 33.9 Å². The van der Waals surface area contributed by atoms with E-state index >= 15 is 0 Å². The van der Waals surface area contributed by atoms with E-state index in [0.717, 1.165) is 24.3 Å². The van der Waals surface area contributed by atoms with E-state index in [0.29, 0.717) is 6.07 Å². The lowest BCUT2D eigenvalue weighted by atomic mass is 10.1. The van der Waals surface area contributed by atoms with Crippen LogP contribution in [-0.2, 0) is 6.18 Å². The zero-order valence-electron chi connectivity index (χ0n) is 10.6. The highest BCUT2D eigenvalue weighted by Crippen LogP contribution is 2.37. The summed E-state index contributed by atoms with van der Waals surface area (Å²) in [6, 6.07) is 2.61. The van der Waals surface area contributed by atoms with Crippen LogP contribution in [0.4, 0.5) is 24.5 Å². The molecule has 0 saturated carbocycles. The number of nitrogens with zero attached hydrogens (tertiary/aromatic N) is 1. The Balaban J connectivity index is 2.31. The number of benzene rings is 1. The van der Waals surface area contributed by atoms with Crippen LogP contribution in [0.25, 0.3) is 0 Å². The Hall–Kier alpha value is -1.44. The molecular formula is C12H13F3N2O2S. The third-order valence-corrected chi connectivity index (χ3v) is 4.56. The molecule has 1 aromatic rings. The van der Waals surface area contributed by atoms with Crippen molar-refractivity contribution in [3.8, 4) is 0 Å². The van der Waals surface area contributed by atoms with E-state index in [9.17, 15) is 23.3 Å². The van der Waals surface area contributed by atoms with E-state index in [4.69, 9.17) is 0 Å². The lowest BCUT2D eigenvalue weighted by Gasteiger charge is -2.18. The second-order valence-corrected chi connectivity index (χ2v) is 6.09. The molecule has 1 aromatic carbocycles. The van der Waals surface area contributed by atoms with Gasteiger partial charge in [-0.05, 0) is 24.3 Å². The molecule has 0 radical (unpaired) electrons. The summed E-state index contributed by atoms with van der Waals surface area (Å²) in [6.45, 7) is 1.99. The van der Waals surface area contributed by atoms with Gasteiger partial charge in [0.15, 0.2) is 0 Å². The summed E-state index contributed by atoms with van der Waals surface area (Å²) in [7, 11) is 0. The van der Waals surface area contributed by atoms with Gasteiger partial charge in [0.05, 0.1) is 10.5 Å². The largest absolute Gasteiger partial charge is 0.416 e. The standard InChI is InChI=1S/C12H13F3N2O2S/c1-7-9(4-5-20-7)16-10-3-2-8(12(13,14)15)6-11(10)17(18)19/h2-3,6-7,9,16H,4-5H2,1H3. The molecule has 0 amide bonds. The van der Waals surface area contributed by atoms with Gasteiger partial charge in [-0.25, -0.2) is 0 Å². The zero-order chi connectivity index (χ0) is 14.9. The Morgan fingerprint density at radius 1 is 1.45 bits per heavy atom. The van der Waals surface area contributed by atoms with Crippen LogP contribution in [-0.4, -0.2) is 22.0 Å². The van der Waals surface area contributed by atoms with E-state index in [1.165, 1.54) is 0 Å². The van der Waals surface area contributed by atoms with Crippen molar-refractivity contribution in [3.63, 3.8) is 0 Å². The molecule has 1 fully saturated rings. The molecular weight excluding hydrogens is 293 g/mol. The molecule has 0 bridgehead atoms. The van der Waals surface area contributed by atoms with Crippen molar-refractivity contribution in [2.75, 3.05) is 11.1 Å². The molecule has 1 aliphatic heterocycles. The van der Waals surface area contributed by atoms with E-state index in [1.54, 1.807) is 11.8 Å². The van der Waals surface area contributed by atoms with Crippen molar-refractivity contribution < 1.29 is 18.1 Å². The maximum absolute atomic E-state index is 12.6. The van der Waals surface area contributed by atoms with Crippen molar-refractivity contribution in [1.29, 1.82) is 0 Å². The minimum Gasteiger partial charge on any atom is -0.376 e. The minimum absolute atomic E-state index is 0.0374. The number of alkyl halides is 3. The Kier molecular flexibility index (Phi) is 4.12. The lowest BCUT2D eigenvalue weighted by Crippen LogP contribution is -2.25. The average Bonchev–Trinajstić information content (AvgIpc) is 2.74. The number of hydrogen-bond donors (Lipinski definition) is 1. The Morgan fingerprint density at radius 2 is 2.15 bits per heavy atom. The number of nitro groups is 1. The van der Waals surface area contributed by atoms with E-state index < -0.39 is 22.4 Å². The van der Waals surface area contributed by atoms with Gasteiger partial charge in [-0.3, -0.25) is 10.1 Å². The normalized spacial score (nSPS) is 22.8. The first kappa shape index (κ1) is 15.0. The summed E-state index contributed by atoms with van der Waals surface area (Å²) in [4.78, 5) is 10.2. The fourth-order valence-electron chi connectivity index (χ4n) is 2.10.